The summed E-state index contributed by atoms with van der Waals surface area (Å²) in [5, 5.41) is 0. The van der Waals surface area contributed by atoms with Gasteiger partial charge in [0, 0.05) is 17.4 Å². The number of carbonyl (C=O) groups is 2. The van der Waals surface area contributed by atoms with Crippen LogP contribution in [0.4, 0.5) is 5.69 Å². The molecule has 1 heterocycles. The highest BCUT2D eigenvalue weighted by Gasteiger charge is 2.62. The lowest BCUT2D eigenvalue weighted by Crippen LogP contribution is -2.33. The number of fused-ring (bicyclic) bond motifs is 5. The number of carbonyl (C=O) groups excluding carboxylic acids is 2. The number of nitrogens with zero attached hydrogens (tertiary/aromatic N) is 1. The zero-order valence-electron chi connectivity index (χ0n) is 22.9. The number of hydrogen-bond donors (Lipinski definition) is 0. The Labute approximate surface area is 239 Å². The Morgan fingerprint density at radius 3 is 1.61 bits per heavy atom. The maximum atomic E-state index is 14.2. The second-order valence-corrected chi connectivity index (χ2v) is 10.7. The molecule has 5 heteroatoms. The minimum Gasteiger partial charge on any atom is -0.497 e. The summed E-state index contributed by atoms with van der Waals surface area (Å²) in [6.07, 6.45) is 4.26. The Balaban J connectivity index is 1.33. The van der Waals surface area contributed by atoms with E-state index in [2.05, 4.69) is 12.2 Å². The van der Waals surface area contributed by atoms with Gasteiger partial charge in [-0.3, -0.25) is 9.59 Å². The molecule has 5 nitrogen and oxygen atoms in total. The Bertz CT molecular complexity index is 1620. The van der Waals surface area contributed by atoms with E-state index in [0.29, 0.717) is 5.69 Å². The maximum Gasteiger partial charge on any atom is 0.238 e. The van der Waals surface area contributed by atoms with E-state index in [-0.39, 0.29) is 23.7 Å². The van der Waals surface area contributed by atoms with Gasteiger partial charge in [-0.2, -0.15) is 0 Å². The normalized spacial score (nSPS) is 22.3. The minimum absolute atomic E-state index is 0.124. The van der Waals surface area contributed by atoms with Crippen molar-refractivity contribution >= 4 is 23.1 Å². The third-order valence-electron chi connectivity index (χ3n) is 8.69. The van der Waals surface area contributed by atoms with Gasteiger partial charge in [-0.25, -0.2) is 4.90 Å². The van der Waals surface area contributed by atoms with Crippen LogP contribution in [0.1, 0.15) is 11.1 Å². The molecular weight excluding hydrogens is 510 g/mol. The van der Waals surface area contributed by atoms with Crippen LogP contribution in [-0.2, 0) is 9.59 Å². The van der Waals surface area contributed by atoms with Gasteiger partial charge in [0.05, 0.1) is 31.7 Å². The molecule has 0 spiro atoms. The van der Waals surface area contributed by atoms with Gasteiger partial charge in [-0.1, -0.05) is 84.9 Å². The zero-order chi connectivity index (χ0) is 28.1. The molecule has 0 N–H and O–H groups in total. The quantitative estimate of drug-likeness (QED) is 0.200. The molecule has 2 aliphatic carbocycles. The van der Waals surface area contributed by atoms with Gasteiger partial charge in [-0.05, 0) is 58.2 Å². The molecule has 7 rings (SSSR count). The first-order valence-electron chi connectivity index (χ1n) is 13.8. The average Bonchev–Trinajstić information content (AvgIpc) is 3.67. The van der Waals surface area contributed by atoms with Gasteiger partial charge in [0.2, 0.25) is 11.8 Å². The largest absolute Gasteiger partial charge is 0.497 e. The van der Waals surface area contributed by atoms with Gasteiger partial charge < -0.3 is 9.47 Å². The monoisotopic (exact) mass is 539 g/mol. The number of para-hydroxylation sites is 1. The highest BCUT2D eigenvalue weighted by Crippen LogP contribution is 2.59. The van der Waals surface area contributed by atoms with E-state index in [1.165, 1.54) is 4.90 Å². The van der Waals surface area contributed by atoms with E-state index in [0.717, 1.165) is 44.9 Å². The van der Waals surface area contributed by atoms with Crippen LogP contribution in [0.25, 0.3) is 16.7 Å². The molecule has 0 aromatic heterocycles. The zero-order valence-corrected chi connectivity index (χ0v) is 22.9. The van der Waals surface area contributed by atoms with Crippen LogP contribution >= 0.6 is 0 Å². The van der Waals surface area contributed by atoms with Crippen LogP contribution in [0.2, 0.25) is 0 Å². The van der Waals surface area contributed by atoms with Crippen molar-refractivity contribution in [2.45, 2.75) is 0 Å². The highest BCUT2D eigenvalue weighted by atomic mass is 16.5. The number of anilines is 1. The smallest absolute Gasteiger partial charge is 0.238 e. The Kier molecular flexibility index (Phi) is 6.08. The average molecular weight is 540 g/mol. The maximum absolute atomic E-state index is 14.2. The summed E-state index contributed by atoms with van der Waals surface area (Å²) < 4.78 is 10.8. The Hall–Kier alpha value is -4.90. The molecule has 41 heavy (non-hydrogen) atoms. The van der Waals surface area contributed by atoms with Crippen LogP contribution in [0.15, 0.2) is 121 Å². The van der Waals surface area contributed by atoms with Gasteiger partial charge in [0.1, 0.15) is 11.5 Å². The van der Waals surface area contributed by atoms with E-state index in [1.807, 2.05) is 103 Å². The summed E-state index contributed by atoms with van der Waals surface area (Å²) in [4.78, 5) is 29.8. The Morgan fingerprint density at radius 2 is 1.10 bits per heavy atom. The second kappa shape index (κ2) is 9.93. The fourth-order valence-corrected chi connectivity index (χ4v) is 6.88. The van der Waals surface area contributed by atoms with Crippen molar-refractivity contribution in [3.63, 3.8) is 0 Å². The lowest BCUT2D eigenvalue weighted by Gasteiger charge is -2.23. The number of amides is 2. The van der Waals surface area contributed by atoms with Crippen LogP contribution in [0, 0.1) is 23.7 Å². The molecule has 1 saturated heterocycles. The first-order chi connectivity index (χ1) is 20.1. The summed E-state index contributed by atoms with van der Waals surface area (Å²) in [7, 11) is 3.30. The lowest BCUT2D eigenvalue weighted by atomic mass is 9.85. The SMILES string of the molecule is COc1ccc(C(=C2[C@H]3C=C[C@H]2[C@@H]2C(=O)N(c4ccccc4-c4ccccc4)C(=O)[C@H]23)c2ccc(OC)cc2)cc1. The van der Waals surface area contributed by atoms with Crippen molar-refractivity contribution in [3.05, 3.63) is 132 Å². The van der Waals surface area contributed by atoms with Crippen molar-refractivity contribution in [2.24, 2.45) is 23.7 Å². The molecule has 2 fully saturated rings. The molecule has 3 aliphatic rings. The molecule has 202 valence electrons. The number of benzene rings is 4. The molecule has 1 aliphatic heterocycles. The highest BCUT2D eigenvalue weighted by molar-refractivity contribution is 6.24. The number of hydrogen-bond acceptors (Lipinski definition) is 4. The number of ether oxygens (including phenoxy) is 2. The number of rotatable bonds is 6. The summed E-state index contributed by atoms with van der Waals surface area (Å²) in [5.74, 6) is 0.128. The molecule has 2 bridgehead atoms. The molecule has 4 aromatic carbocycles. The van der Waals surface area contributed by atoms with Crippen LogP contribution in [0.3, 0.4) is 0 Å². The van der Waals surface area contributed by atoms with E-state index in [1.54, 1.807) is 14.2 Å². The second-order valence-electron chi connectivity index (χ2n) is 10.7. The van der Waals surface area contributed by atoms with Gasteiger partial charge in [0.25, 0.3) is 0 Å². The molecule has 2 amide bonds. The number of allylic oxidation sites excluding steroid dienone is 3. The summed E-state index contributed by atoms with van der Waals surface area (Å²) in [6, 6.07) is 33.6. The van der Waals surface area contributed by atoms with Gasteiger partial charge in [-0.15, -0.1) is 0 Å². The van der Waals surface area contributed by atoms with Gasteiger partial charge in [0.15, 0.2) is 0 Å². The first-order valence-corrected chi connectivity index (χ1v) is 13.8. The van der Waals surface area contributed by atoms with E-state index < -0.39 is 11.8 Å². The first kappa shape index (κ1) is 25.1. The predicted octanol–water partition coefficient (Wildman–Crippen LogP) is 6.79. The molecule has 4 atom stereocenters. The summed E-state index contributed by atoms with van der Waals surface area (Å²) >= 11 is 0. The molecule has 1 saturated carbocycles. The predicted molar refractivity (Wildman–Crippen MR) is 159 cm³/mol. The minimum atomic E-state index is -0.428. The molecule has 0 radical (unpaired) electrons. The van der Waals surface area contributed by atoms with Crippen LogP contribution in [-0.4, -0.2) is 26.0 Å². The lowest BCUT2D eigenvalue weighted by molar-refractivity contribution is -0.122. The number of methoxy groups -OCH3 is 2. The fourth-order valence-electron chi connectivity index (χ4n) is 6.88. The number of imide groups is 1. The van der Waals surface area contributed by atoms with Crippen LogP contribution in [0.5, 0.6) is 11.5 Å². The molecule has 0 unspecified atom stereocenters. The fraction of sp³-hybridized carbons (Fsp3) is 0.167. The van der Waals surface area contributed by atoms with E-state index in [4.69, 9.17) is 9.47 Å². The van der Waals surface area contributed by atoms with Crippen LogP contribution < -0.4 is 14.4 Å². The third kappa shape index (κ3) is 3.92. The van der Waals surface area contributed by atoms with Crippen molar-refractivity contribution < 1.29 is 19.1 Å². The topological polar surface area (TPSA) is 55.8 Å². The van der Waals surface area contributed by atoms with Crippen molar-refractivity contribution in [1.29, 1.82) is 0 Å². The summed E-state index contributed by atoms with van der Waals surface area (Å²) in [6.45, 7) is 0. The Morgan fingerprint density at radius 1 is 0.610 bits per heavy atom. The van der Waals surface area contributed by atoms with Crippen molar-refractivity contribution in [2.75, 3.05) is 19.1 Å². The van der Waals surface area contributed by atoms with Gasteiger partial charge >= 0.3 is 0 Å². The molecule has 4 aromatic rings. The summed E-state index contributed by atoms with van der Waals surface area (Å²) in [5.41, 5.74) is 6.74. The van der Waals surface area contributed by atoms with E-state index >= 15 is 0 Å². The standard InChI is InChI=1S/C36H29NO4/c1-40-25-16-12-23(13-17-25)31(24-14-18-26(41-2)19-15-24)32-28-20-21-29(32)34-33(28)35(38)37(36(34)39)30-11-7-6-10-27(30)22-8-4-3-5-9-22/h3-21,28-29,33-34H,1-2H3/t28-,29-,33+,34+/m1/s1. The van der Waals surface area contributed by atoms with E-state index in [9.17, 15) is 9.59 Å². The van der Waals surface area contributed by atoms with Crippen molar-refractivity contribution in [3.8, 4) is 22.6 Å². The third-order valence-corrected chi connectivity index (χ3v) is 8.69. The molecular formula is C36H29NO4. The van der Waals surface area contributed by atoms with Crippen molar-refractivity contribution in [1.82, 2.24) is 0 Å².